The maximum Gasteiger partial charge on any atom is 0.312 e. The lowest BCUT2D eigenvalue weighted by molar-refractivity contribution is -0.135. The largest absolute Gasteiger partial charge is 0.497 e. The highest BCUT2D eigenvalue weighted by atomic mass is 16.5. The van der Waals surface area contributed by atoms with E-state index in [1.54, 1.807) is 43.5 Å². The van der Waals surface area contributed by atoms with Gasteiger partial charge in [0, 0.05) is 17.0 Å². The predicted octanol–water partition coefficient (Wildman–Crippen LogP) is 4.78. The Labute approximate surface area is 207 Å². The number of Topliss-reactive ketones (excluding diaryl/α,β-unsaturated/α-hetero) is 1. The third kappa shape index (κ3) is 3.80. The van der Waals surface area contributed by atoms with Crippen LogP contribution in [0, 0.1) is 0 Å². The number of rotatable bonds is 6. The summed E-state index contributed by atoms with van der Waals surface area (Å²) in [6.07, 6.45) is 1.71. The molecule has 2 aliphatic heterocycles. The van der Waals surface area contributed by atoms with E-state index in [-0.39, 0.29) is 18.0 Å². The predicted molar refractivity (Wildman–Crippen MR) is 131 cm³/mol. The minimum absolute atomic E-state index is 0.0321. The lowest BCUT2D eigenvalue weighted by Gasteiger charge is -2.28. The van der Waals surface area contributed by atoms with E-state index in [2.05, 4.69) is 0 Å². The summed E-state index contributed by atoms with van der Waals surface area (Å²) in [5.74, 6) is 1.77. The summed E-state index contributed by atoms with van der Waals surface area (Å²) in [5, 5.41) is 0. The second-order valence-corrected chi connectivity index (χ2v) is 8.22. The van der Waals surface area contributed by atoms with Crippen molar-refractivity contribution in [3.63, 3.8) is 0 Å². The summed E-state index contributed by atoms with van der Waals surface area (Å²) in [4.78, 5) is 25.8. The van der Waals surface area contributed by atoms with E-state index in [9.17, 15) is 9.59 Å². The number of carbonyl (C=O) groups excluding carboxylic acids is 2. The van der Waals surface area contributed by atoms with Gasteiger partial charge in [-0.05, 0) is 42.0 Å². The van der Waals surface area contributed by atoms with Crippen LogP contribution in [0.25, 0.3) is 6.08 Å². The van der Waals surface area contributed by atoms with E-state index in [0.29, 0.717) is 51.2 Å². The van der Waals surface area contributed by atoms with Gasteiger partial charge >= 0.3 is 5.97 Å². The summed E-state index contributed by atoms with van der Waals surface area (Å²) >= 11 is 0. The van der Waals surface area contributed by atoms with Crippen molar-refractivity contribution in [2.45, 2.75) is 12.3 Å². The number of fused-ring (bicyclic) bond motifs is 3. The van der Waals surface area contributed by atoms with Crippen LogP contribution < -0.4 is 28.4 Å². The lowest BCUT2D eigenvalue weighted by Crippen LogP contribution is -2.22. The number of methoxy groups -OCH3 is 4. The van der Waals surface area contributed by atoms with Crippen LogP contribution in [0.5, 0.6) is 34.5 Å². The van der Waals surface area contributed by atoms with E-state index >= 15 is 0 Å². The molecule has 5 rings (SSSR count). The topological polar surface area (TPSA) is 89.5 Å². The molecule has 0 saturated heterocycles. The van der Waals surface area contributed by atoms with Gasteiger partial charge in [0.15, 0.2) is 17.3 Å². The fraction of sp³-hybridized carbons (Fsp3) is 0.214. The highest BCUT2D eigenvalue weighted by Crippen LogP contribution is 2.53. The number of carbonyl (C=O) groups is 2. The van der Waals surface area contributed by atoms with Crippen molar-refractivity contribution in [2.24, 2.45) is 0 Å². The van der Waals surface area contributed by atoms with Gasteiger partial charge in [0.2, 0.25) is 11.5 Å². The summed E-state index contributed by atoms with van der Waals surface area (Å²) < 4.78 is 33.5. The molecule has 8 heteroatoms. The first-order valence-corrected chi connectivity index (χ1v) is 11.2. The third-order valence-electron chi connectivity index (χ3n) is 6.30. The molecule has 0 bridgehead atoms. The van der Waals surface area contributed by atoms with Gasteiger partial charge in [0.05, 0.1) is 40.4 Å². The van der Waals surface area contributed by atoms with Crippen molar-refractivity contribution in [1.82, 2.24) is 0 Å². The Morgan fingerprint density at radius 1 is 0.806 bits per heavy atom. The average Bonchev–Trinajstić information content (AvgIpc) is 3.22. The Bertz CT molecular complexity index is 1390. The summed E-state index contributed by atoms with van der Waals surface area (Å²) in [5.41, 5.74) is 2.47. The van der Waals surface area contributed by atoms with Crippen molar-refractivity contribution < 1.29 is 38.0 Å². The van der Waals surface area contributed by atoms with Crippen LogP contribution in [0.2, 0.25) is 0 Å². The fourth-order valence-electron chi connectivity index (χ4n) is 4.62. The van der Waals surface area contributed by atoms with Crippen LogP contribution in [0.4, 0.5) is 0 Å². The average molecular weight is 488 g/mol. The molecule has 8 nitrogen and oxygen atoms in total. The van der Waals surface area contributed by atoms with Gasteiger partial charge in [0.1, 0.15) is 17.2 Å². The van der Waals surface area contributed by atoms with Crippen molar-refractivity contribution in [3.05, 3.63) is 76.5 Å². The van der Waals surface area contributed by atoms with Crippen molar-refractivity contribution in [2.75, 3.05) is 28.4 Å². The minimum atomic E-state index is -0.501. The SMILES string of the molecule is COc1ccc(/C=C2\Oc3c(ccc4c3C(c3ccc(OC)c(OC)c3OC)CC(=O)O4)C2=O)cc1. The van der Waals surface area contributed by atoms with Crippen LogP contribution in [-0.2, 0) is 4.79 Å². The highest BCUT2D eigenvalue weighted by Gasteiger charge is 2.40. The quantitative estimate of drug-likeness (QED) is 0.278. The molecule has 1 unspecified atom stereocenters. The van der Waals surface area contributed by atoms with Crippen LogP contribution >= 0.6 is 0 Å². The number of benzene rings is 3. The first kappa shape index (κ1) is 23.3. The molecule has 184 valence electrons. The number of esters is 1. The van der Waals surface area contributed by atoms with Gasteiger partial charge < -0.3 is 28.4 Å². The Kier molecular flexibility index (Phi) is 6.01. The smallest absolute Gasteiger partial charge is 0.312 e. The molecule has 2 heterocycles. The zero-order valence-corrected chi connectivity index (χ0v) is 20.2. The number of allylic oxidation sites excluding steroid dienone is 1. The van der Waals surface area contributed by atoms with Crippen molar-refractivity contribution in [3.8, 4) is 34.5 Å². The van der Waals surface area contributed by atoms with E-state index < -0.39 is 11.9 Å². The maximum atomic E-state index is 13.2. The lowest BCUT2D eigenvalue weighted by atomic mass is 9.84. The number of hydrogen-bond acceptors (Lipinski definition) is 8. The third-order valence-corrected chi connectivity index (χ3v) is 6.30. The molecule has 0 fully saturated rings. The number of ketones is 1. The van der Waals surface area contributed by atoms with Gasteiger partial charge in [0.25, 0.3) is 0 Å². The van der Waals surface area contributed by atoms with Crippen molar-refractivity contribution in [1.29, 1.82) is 0 Å². The zero-order valence-electron chi connectivity index (χ0n) is 20.2. The molecule has 36 heavy (non-hydrogen) atoms. The Balaban J connectivity index is 1.62. The van der Waals surface area contributed by atoms with Gasteiger partial charge in [-0.15, -0.1) is 0 Å². The number of hydrogen-bond donors (Lipinski definition) is 0. The Morgan fingerprint density at radius 3 is 2.22 bits per heavy atom. The zero-order chi connectivity index (χ0) is 25.4. The summed E-state index contributed by atoms with van der Waals surface area (Å²) in [6.45, 7) is 0. The van der Waals surface area contributed by atoms with E-state index in [1.807, 2.05) is 18.2 Å². The normalized spacial score (nSPS) is 17.1. The highest BCUT2D eigenvalue weighted by molar-refractivity contribution is 6.15. The molecule has 0 amide bonds. The molecule has 0 aliphatic carbocycles. The summed E-state index contributed by atoms with van der Waals surface area (Å²) in [7, 11) is 6.16. The molecule has 0 aromatic heterocycles. The molecule has 3 aromatic rings. The van der Waals surface area contributed by atoms with Gasteiger partial charge in [-0.1, -0.05) is 18.2 Å². The second-order valence-electron chi connectivity index (χ2n) is 8.22. The molecule has 0 radical (unpaired) electrons. The van der Waals surface area contributed by atoms with E-state index in [0.717, 1.165) is 5.56 Å². The first-order valence-electron chi connectivity index (χ1n) is 11.2. The molecule has 3 aromatic carbocycles. The molecular weight excluding hydrogens is 464 g/mol. The Hall–Kier alpha value is -4.46. The maximum absolute atomic E-state index is 13.2. The van der Waals surface area contributed by atoms with Gasteiger partial charge in [-0.2, -0.15) is 0 Å². The molecule has 1 atom stereocenters. The van der Waals surface area contributed by atoms with Crippen LogP contribution in [0.15, 0.2) is 54.3 Å². The fourth-order valence-corrected chi connectivity index (χ4v) is 4.62. The Morgan fingerprint density at radius 2 is 1.56 bits per heavy atom. The van der Waals surface area contributed by atoms with Gasteiger partial charge in [-0.25, -0.2) is 0 Å². The van der Waals surface area contributed by atoms with Crippen molar-refractivity contribution >= 4 is 17.8 Å². The van der Waals surface area contributed by atoms with Crippen LogP contribution in [0.1, 0.15) is 39.4 Å². The van der Waals surface area contributed by atoms with E-state index in [1.165, 1.54) is 21.3 Å². The van der Waals surface area contributed by atoms with E-state index in [4.69, 9.17) is 28.4 Å². The number of ether oxygens (including phenoxy) is 6. The first-order chi connectivity index (χ1) is 17.5. The molecule has 0 N–H and O–H groups in total. The molecule has 0 spiro atoms. The summed E-state index contributed by atoms with van der Waals surface area (Å²) in [6, 6.07) is 14.1. The molecule has 0 saturated carbocycles. The molecular formula is C28H24O8. The monoisotopic (exact) mass is 488 g/mol. The van der Waals surface area contributed by atoms with Crippen LogP contribution in [0.3, 0.4) is 0 Å². The van der Waals surface area contributed by atoms with Gasteiger partial charge in [-0.3, -0.25) is 9.59 Å². The standard InChI is InChI=1S/C28H24O8/c1-31-16-7-5-15(6-8-16)13-22-25(30)18-10-11-20-24(26(18)36-22)19(14-23(29)35-20)17-9-12-21(32-2)28(34-4)27(17)33-3/h5-13,19H,14H2,1-4H3/b22-13-. The molecule has 2 aliphatic rings. The van der Waals surface area contributed by atoms with Crippen LogP contribution in [-0.4, -0.2) is 40.2 Å². The second kappa shape index (κ2) is 9.30. The minimum Gasteiger partial charge on any atom is -0.497 e.